The molecular formula is C19H21N3S. The number of hydrogen-bond donors (Lipinski definition) is 0. The van der Waals surface area contributed by atoms with Gasteiger partial charge in [-0.15, -0.1) is 10.2 Å². The van der Waals surface area contributed by atoms with Crippen LogP contribution in [0.1, 0.15) is 24.7 Å². The maximum Gasteiger partial charge on any atom is 0.195 e. The van der Waals surface area contributed by atoms with E-state index in [4.69, 9.17) is 0 Å². The Morgan fingerprint density at radius 2 is 1.61 bits per heavy atom. The molecule has 0 aliphatic heterocycles. The van der Waals surface area contributed by atoms with E-state index in [1.807, 2.05) is 6.07 Å². The first-order chi connectivity index (χ1) is 11.4. The van der Waals surface area contributed by atoms with E-state index in [1.54, 1.807) is 11.8 Å². The highest BCUT2D eigenvalue weighted by Gasteiger charge is 2.12. The van der Waals surface area contributed by atoms with Crippen LogP contribution in [0.4, 0.5) is 0 Å². The van der Waals surface area contributed by atoms with Gasteiger partial charge < -0.3 is 0 Å². The van der Waals surface area contributed by atoms with Gasteiger partial charge in [-0.2, -0.15) is 0 Å². The van der Waals surface area contributed by atoms with Gasteiger partial charge >= 0.3 is 0 Å². The SMILES string of the molecule is CCc1nnc(SCCCc2ccccc2)n1-c1ccccc1. The van der Waals surface area contributed by atoms with Crippen LogP contribution < -0.4 is 0 Å². The quantitative estimate of drug-likeness (QED) is 0.472. The number of thioether (sulfide) groups is 1. The van der Waals surface area contributed by atoms with Crippen LogP contribution >= 0.6 is 11.8 Å². The Morgan fingerprint density at radius 3 is 2.30 bits per heavy atom. The van der Waals surface area contributed by atoms with Crippen molar-refractivity contribution in [1.29, 1.82) is 0 Å². The summed E-state index contributed by atoms with van der Waals surface area (Å²) in [6, 6.07) is 21.0. The van der Waals surface area contributed by atoms with Gasteiger partial charge in [0.05, 0.1) is 0 Å². The van der Waals surface area contributed by atoms with Crippen molar-refractivity contribution in [2.75, 3.05) is 5.75 Å². The van der Waals surface area contributed by atoms with Gasteiger partial charge in [-0.25, -0.2) is 0 Å². The molecule has 2 aromatic carbocycles. The molecule has 23 heavy (non-hydrogen) atoms. The van der Waals surface area contributed by atoms with E-state index in [2.05, 4.69) is 76.3 Å². The standard InChI is InChI=1S/C19H21N3S/c1-2-18-20-21-19(22(18)17-13-7-4-8-14-17)23-15-9-12-16-10-5-3-6-11-16/h3-8,10-11,13-14H,2,9,12,15H2,1H3. The molecule has 0 aliphatic carbocycles. The fourth-order valence-corrected chi connectivity index (χ4v) is 3.45. The second kappa shape index (κ2) is 7.97. The van der Waals surface area contributed by atoms with Crippen molar-refractivity contribution in [3.8, 4) is 5.69 Å². The van der Waals surface area contributed by atoms with Crippen LogP contribution in [0.25, 0.3) is 5.69 Å². The minimum atomic E-state index is 0.881. The van der Waals surface area contributed by atoms with Crippen molar-refractivity contribution < 1.29 is 0 Å². The Hall–Kier alpha value is -2.07. The van der Waals surface area contributed by atoms with Gasteiger partial charge in [-0.3, -0.25) is 4.57 Å². The van der Waals surface area contributed by atoms with E-state index in [0.717, 1.165) is 41.7 Å². The summed E-state index contributed by atoms with van der Waals surface area (Å²) in [6.07, 6.45) is 3.12. The molecule has 3 rings (SSSR count). The number of para-hydroxylation sites is 1. The number of aromatic nitrogens is 3. The van der Waals surface area contributed by atoms with Crippen LogP contribution in [0.2, 0.25) is 0 Å². The first kappa shape index (κ1) is 15.8. The van der Waals surface area contributed by atoms with E-state index in [0.29, 0.717) is 0 Å². The second-order valence-corrected chi connectivity index (χ2v) is 6.42. The monoisotopic (exact) mass is 323 g/mol. The zero-order chi connectivity index (χ0) is 15.9. The average molecular weight is 323 g/mol. The Morgan fingerprint density at radius 1 is 0.913 bits per heavy atom. The summed E-state index contributed by atoms with van der Waals surface area (Å²) in [6.45, 7) is 2.12. The highest BCUT2D eigenvalue weighted by molar-refractivity contribution is 7.99. The molecule has 0 bridgehead atoms. The molecule has 0 amide bonds. The predicted octanol–water partition coefficient (Wildman–Crippen LogP) is 4.55. The Kier molecular flexibility index (Phi) is 5.48. The second-order valence-electron chi connectivity index (χ2n) is 5.36. The summed E-state index contributed by atoms with van der Waals surface area (Å²) < 4.78 is 2.17. The molecule has 0 saturated heterocycles. The molecule has 0 atom stereocenters. The molecule has 0 spiro atoms. The average Bonchev–Trinajstić information content (AvgIpc) is 3.03. The molecule has 0 radical (unpaired) electrons. The molecule has 1 heterocycles. The molecule has 3 aromatic rings. The molecule has 118 valence electrons. The number of hydrogen-bond acceptors (Lipinski definition) is 3. The van der Waals surface area contributed by atoms with Crippen molar-refractivity contribution in [1.82, 2.24) is 14.8 Å². The van der Waals surface area contributed by atoms with Crippen LogP contribution in [0.3, 0.4) is 0 Å². The Balaban J connectivity index is 1.65. The van der Waals surface area contributed by atoms with Crippen LogP contribution in [0, 0.1) is 0 Å². The molecule has 0 unspecified atom stereocenters. The summed E-state index contributed by atoms with van der Waals surface area (Å²) in [7, 11) is 0. The van der Waals surface area contributed by atoms with Crippen molar-refractivity contribution in [3.63, 3.8) is 0 Å². The largest absolute Gasteiger partial charge is 0.274 e. The molecule has 1 aromatic heterocycles. The van der Waals surface area contributed by atoms with Crippen molar-refractivity contribution in [2.45, 2.75) is 31.3 Å². The van der Waals surface area contributed by atoms with E-state index in [-0.39, 0.29) is 0 Å². The normalized spacial score (nSPS) is 10.8. The van der Waals surface area contributed by atoms with Gasteiger partial charge in [0, 0.05) is 17.9 Å². The fraction of sp³-hybridized carbons (Fsp3) is 0.263. The molecule has 0 aliphatic rings. The summed E-state index contributed by atoms with van der Waals surface area (Å²) in [5.41, 5.74) is 2.53. The van der Waals surface area contributed by atoms with Crippen molar-refractivity contribution in [3.05, 3.63) is 72.1 Å². The van der Waals surface area contributed by atoms with Gasteiger partial charge in [0.15, 0.2) is 5.16 Å². The molecular weight excluding hydrogens is 302 g/mol. The third-order valence-corrected chi connectivity index (χ3v) is 4.73. The van der Waals surface area contributed by atoms with E-state index < -0.39 is 0 Å². The highest BCUT2D eigenvalue weighted by Crippen LogP contribution is 2.23. The Labute approximate surface area is 141 Å². The highest BCUT2D eigenvalue weighted by atomic mass is 32.2. The van der Waals surface area contributed by atoms with E-state index in [1.165, 1.54) is 5.56 Å². The predicted molar refractivity (Wildman–Crippen MR) is 96.2 cm³/mol. The summed E-state index contributed by atoms with van der Waals surface area (Å²) >= 11 is 1.79. The molecule has 4 heteroatoms. The lowest BCUT2D eigenvalue weighted by Gasteiger charge is -2.09. The third-order valence-electron chi connectivity index (χ3n) is 3.71. The number of benzene rings is 2. The molecule has 0 N–H and O–H groups in total. The zero-order valence-corrected chi connectivity index (χ0v) is 14.2. The number of nitrogens with zero attached hydrogens (tertiary/aromatic N) is 3. The smallest absolute Gasteiger partial charge is 0.195 e. The third kappa shape index (κ3) is 4.02. The fourth-order valence-electron chi connectivity index (χ4n) is 2.54. The number of rotatable bonds is 7. The van der Waals surface area contributed by atoms with Gasteiger partial charge in [0.25, 0.3) is 0 Å². The van der Waals surface area contributed by atoms with Crippen LogP contribution in [0.5, 0.6) is 0 Å². The van der Waals surface area contributed by atoms with Crippen LogP contribution in [-0.2, 0) is 12.8 Å². The summed E-state index contributed by atoms with van der Waals surface area (Å²) in [5.74, 6) is 2.06. The van der Waals surface area contributed by atoms with Gasteiger partial charge in [-0.05, 0) is 30.5 Å². The molecule has 3 nitrogen and oxygen atoms in total. The number of aryl methyl sites for hydroxylation is 2. The maximum absolute atomic E-state index is 4.38. The molecule has 0 fully saturated rings. The van der Waals surface area contributed by atoms with E-state index in [9.17, 15) is 0 Å². The van der Waals surface area contributed by atoms with Crippen molar-refractivity contribution >= 4 is 11.8 Å². The van der Waals surface area contributed by atoms with Crippen LogP contribution in [-0.4, -0.2) is 20.5 Å². The van der Waals surface area contributed by atoms with Crippen LogP contribution in [0.15, 0.2) is 65.8 Å². The maximum atomic E-state index is 4.38. The lowest BCUT2D eigenvalue weighted by molar-refractivity contribution is 0.833. The van der Waals surface area contributed by atoms with Gasteiger partial charge in [-0.1, -0.05) is 67.2 Å². The first-order valence-electron chi connectivity index (χ1n) is 8.05. The lowest BCUT2D eigenvalue weighted by Crippen LogP contribution is -2.02. The van der Waals surface area contributed by atoms with E-state index >= 15 is 0 Å². The minimum absolute atomic E-state index is 0.881. The Bertz CT molecular complexity index is 723. The molecule has 0 saturated carbocycles. The summed E-state index contributed by atoms with van der Waals surface area (Å²) in [5, 5.41) is 9.71. The topological polar surface area (TPSA) is 30.7 Å². The van der Waals surface area contributed by atoms with Gasteiger partial charge in [0.2, 0.25) is 0 Å². The lowest BCUT2D eigenvalue weighted by atomic mass is 10.1. The first-order valence-corrected chi connectivity index (χ1v) is 9.03. The van der Waals surface area contributed by atoms with Gasteiger partial charge in [0.1, 0.15) is 5.82 Å². The minimum Gasteiger partial charge on any atom is -0.274 e. The van der Waals surface area contributed by atoms with Crippen molar-refractivity contribution in [2.24, 2.45) is 0 Å². The zero-order valence-electron chi connectivity index (χ0n) is 13.4. The summed E-state index contributed by atoms with van der Waals surface area (Å²) in [4.78, 5) is 0.